The van der Waals surface area contributed by atoms with Crippen molar-refractivity contribution in [3.63, 3.8) is 0 Å². The van der Waals surface area contributed by atoms with E-state index in [0.717, 1.165) is 10.2 Å². The lowest BCUT2D eigenvalue weighted by Crippen LogP contribution is -1.94. The number of rotatable bonds is 4. The summed E-state index contributed by atoms with van der Waals surface area (Å²) in [5, 5.41) is 29.2. The molecule has 0 spiro atoms. The predicted molar refractivity (Wildman–Crippen MR) is 102 cm³/mol. The summed E-state index contributed by atoms with van der Waals surface area (Å²) in [5.74, 6) is 0.700. The van der Waals surface area contributed by atoms with Crippen molar-refractivity contribution in [3.8, 4) is 5.75 Å². The number of aromatic hydroxyl groups is 1. The van der Waals surface area contributed by atoms with Gasteiger partial charge in [0.2, 0.25) is 4.77 Å². The van der Waals surface area contributed by atoms with Gasteiger partial charge in [0.1, 0.15) is 11.6 Å². The number of hydrogen-bond acceptors (Lipinski definition) is 6. The Morgan fingerprint density at radius 2 is 1.84 bits per heavy atom. The van der Waals surface area contributed by atoms with Crippen LogP contribution in [0.25, 0.3) is 0 Å². The maximum absolute atomic E-state index is 9.99. The highest BCUT2D eigenvalue weighted by Gasteiger charge is 2.02. The maximum Gasteiger partial charge on any atom is 0.216 e. The van der Waals surface area contributed by atoms with Crippen molar-refractivity contribution in [3.05, 3.63) is 63.1 Å². The number of aromatic nitrogens is 3. The fraction of sp³-hybridized carbons (Fsp3) is 0.0625. The van der Waals surface area contributed by atoms with Gasteiger partial charge in [0, 0.05) is 10.0 Å². The summed E-state index contributed by atoms with van der Waals surface area (Å²) >= 11 is 8.46. The second-order valence-corrected chi connectivity index (χ2v) is 6.35. The Labute approximate surface area is 156 Å². The zero-order valence-electron chi connectivity index (χ0n) is 13.1. The molecule has 0 bridgehead atoms. The SMILES string of the molecule is Cc1n[nH]c(=S)n1/N=C/c1cc(N=Nc2ccc(Br)cc2)ccc1O. The number of nitrogens with zero attached hydrogens (tertiary/aromatic N) is 5. The molecule has 1 heterocycles. The molecule has 0 radical (unpaired) electrons. The monoisotopic (exact) mass is 416 g/mol. The summed E-state index contributed by atoms with van der Waals surface area (Å²) in [7, 11) is 0. The minimum Gasteiger partial charge on any atom is -0.507 e. The second-order valence-electron chi connectivity index (χ2n) is 5.05. The summed E-state index contributed by atoms with van der Waals surface area (Å²) in [5.41, 5.74) is 1.82. The van der Waals surface area contributed by atoms with Crippen molar-refractivity contribution in [2.24, 2.45) is 15.3 Å². The topological polar surface area (TPSA) is 90.9 Å². The fourth-order valence-electron chi connectivity index (χ4n) is 1.96. The molecule has 0 unspecified atom stereocenters. The van der Waals surface area contributed by atoms with Gasteiger partial charge in [-0.15, -0.1) is 0 Å². The lowest BCUT2D eigenvalue weighted by atomic mass is 10.2. The predicted octanol–water partition coefficient (Wildman–Crippen LogP) is 5.01. The van der Waals surface area contributed by atoms with Crippen LogP contribution in [-0.4, -0.2) is 26.2 Å². The molecular formula is C16H13BrN6OS. The van der Waals surface area contributed by atoms with Gasteiger partial charge in [-0.2, -0.15) is 25.1 Å². The van der Waals surface area contributed by atoms with Gasteiger partial charge in [0.15, 0.2) is 0 Å². The number of hydrogen-bond donors (Lipinski definition) is 2. The quantitative estimate of drug-likeness (QED) is 0.355. The Balaban J connectivity index is 1.85. The van der Waals surface area contributed by atoms with E-state index >= 15 is 0 Å². The maximum atomic E-state index is 9.99. The number of halogens is 1. The van der Waals surface area contributed by atoms with Crippen LogP contribution in [0.1, 0.15) is 11.4 Å². The molecule has 0 saturated heterocycles. The first-order chi connectivity index (χ1) is 12.0. The summed E-state index contributed by atoms with van der Waals surface area (Å²) < 4.78 is 2.81. The molecular weight excluding hydrogens is 404 g/mol. The molecule has 2 N–H and O–H groups in total. The molecule has 0 atom stereocenters. The van der Waals surface area contributed by atoms with Gasteiger partial charge in [-0.25, -0.2) is 0 Å². The first-order valence-electron chi connectivity index (χ1n) is 7.21. The summed E-state index contributed by atoms with van der Waals surface area (Å²) in [6, 6.07) is 12.4. The van der Waals surface area contributed by atoms with Crippen LogP contribution in [0.3, 0.4) is 0 Å². The molecule has 3 rings (SSSR count). The first kappa shape index (κ1) is 17.2. The molecule has 0 saturated carbocycles. The second kappa shape index (κ2) is 7.49. The minimum atomic E-state index is 0.0824. The van der Waals surface area contributed by atoms with Crippen LogP contribution in [0.4, 0.5) is 11.4 Å². The van der Waals surface area contributed by atoms with Crippen LogP contribution >= 0.6 is 28.1 Å². The lowest BCUT2D eigenvalue weighted by Gasteiger charge is -2.00. The molecule has 0 aliphatic heterocycles. The Morgan fingerprint density at radius 1 is 1.16 bits per heavy atom. The average molecular weight is 417 g/mol. The van der Waals surface area contributed by atoms with E-state index in [0.29, 0.717) is 21.8 Å². The van der Waals surface area contributed by atoms with Crippen molar-refractivity contribution in [1.29, 1.82) is 0 Å². The van der Waals surface area contributed by atoms with Crippen LogP contribution in [0.5, 0.6) is 5.75 Å². The zero-order chi connectivity index (χ0) is 17.8. The highest BCUT2D eigenvalue weighted by Crippen LogP contribution is 2.24. The van der Waals surface area contributed by atoms with Crippen LogP contribution < -0.4 is 0 Å². The molecule has 0 aliphatic rings. The highest BCUT2D eigenvalue weighted by molar-refractivity contribution is 9.10. The van der Waals surface area contributed by atoms with Crippen molar-refractivity contribution >= 4 is 45.7 Å². The van der Waals surface area contributed by atoms with Crippen molar-refractivity contribution in [2.45, 2.75) is 6.92 Å². The number of phenolic OH excluding ortho intramolecular Hbond substituents is 1. The van der Waals surface area contributed by atoms with Crippen LogP contribution in [-0.2, 0) is 0 Å². The number of nitrogens with one attached hydrogen (secondary N) is 1. The molecule has 0 amide bonds. The molecule has 25 heavy (non-hydrogen) atoms. The van der Waals surface area contributed by atoms with Crippen molar-refractivity contribution in [2.75, 3.05) is 0 Å². The van der Waals surface area contributed by atoms with E-state index in [1.54, 1.807) is 25.1 Å². The van der Waals surface area contributed by atoms with E-state index in [4.69, 9.17) is 12.2 Å². The summed E-state index contributed by atoms with van der Waals surface area (Å²) in [6.07, 6.45) is 1.49. The molecule has 2 aromatic carbocycles. The third kappa shape index (κ3) is 4.25. The molecule has 9 heteroatoms. The average Bonchev–Trinajstić information content (AvgIpc) is 2.92. The number of azo groups is 1. The summed E-state index contributed by atoms with van der Waals surface area (Å²) in [6.45, 7) is 1.77. The molecule has 0 aliphatic carbocycles. The number of benzene rings is 2. The van der Waals surface area contributed by atoms with E-state index < -0.39 is 0 Å². The van der Waals surface area contributed by atoms with E-state index in [-0.39, 0.29) is 5.75 Å². The molecule has 1 aromatic heterocycles. The first-order valence-corrected chi connectivity index (χ1v) is 8.42. The largest absolute Gasteiger partial charge is 0.507 e. The Morgan fingerprint density at radius 3 is 2.52 bits per heavy atom. The third-order valence-corrected chi connectivity index (χ3v) is 4.04. The van der Waals surface area contributed by atoms with E-state index in [2.05, 4.69) is 41.5 Å². The van der Waals surface area contributed by atoms with E-state index in [1.165, 1.54) is 10.9 Å². The van der Waals surface area contributed by atoms with Gasteiger partial charge < -0.3 is 5.11 Å². The fourth-order valence-corrected chi connectivity index (χ4v) is 2.45. The minimum absolute atomic E-state index is 0.0824. The standard InChI is InChI=1S/C16H13BrN6OS/c1-10-19-22-16(25)23(10)18-9-11-8-14(6-7-15(11)24)21-20-13-4-2-12(17)3-5-13/h2-9,24H,1H3,(H,22,25)/b18-9+,21-20?. The third-order valence-electron chi connectivity index (χ3n) is 3.24. The van der Waals surface area contributed by atoms with E-state index in [1.807, 2.05) is 24.3 Å². The number of H-pyrrole nitrogens is 1. The molecule has 7 nitrogen and oxygen atoms in total. The van der Waals surface area contributed by atoms with Gasteiger partial charge in [-0.1, -0.05) is 15.9 Å². The van der Waals surface area contributed by atoms with Crippen molar-refractivity contribution < 1.29 is 5.11 Å². The van der Waals surface area contributed by atoms with Gasteiger partial charge in [-0.3, -0.25) is 5.10 Å². The number of phenols is 1. The van der Waals surface area contributed by atoms with Crippen LogP contribution in [0.15, 0.2) is 62.3 Å². The van der Waals surface area contributed by atoms with Crippen LogP contribution in [0, 0.1) is 11.7 Å². The van der Waals surface area contributed by atoms with E-state index in [9.17, 15) is 5.11 Å². The van der Waals surface area contributed by atoms with Gasteiger partial charge in [-0.05, 0) is 61.6 Å². The molecule has 3 aromatic rings. The number of aryl methyl sites for hydroxylation is 1. The van der Waals surface area contributed by atoms with Gasteiger partial charge >= 0.3 is 0 Å². The van der Waals surface area contributed by atoms with Gasteiger partial charge in [0.25, 0.3) is 0 Å². The smallest absolute Gasteiger partial charge is 0.216 e. The molecule has 0 fully saturated rings. The van der Waals surface area contributed by atoms with Crippen LogP contribution in [0.2, 0.25) is 0 Å². The number of aromatic amines is 1. The highest BCUT2D eigenvalue weighted by atomic mass is 79.9. The molecule has 126 valence electrons. The van der Waals surface area contributed by atoms with Gasteiger partial charge in [0.05, 0.1) is 17.6 Å². The Bertz CT molecular complexity index is 1010. The Kier molecular flexibility index (Phi) is 5.15. The van der Waals surface area contributed by atoms with Crippen molar-refractivity contribution in [1.82, 2.24) is 14.9 Å². The zero-order valence-corrected chi connectivity index (χ0v) is 15.5. The Hall–Kier alpha value is -2.65. The normalized spacial score (nSPS) is 11.6. The lowest BCUT2D eigenvalue weighted by molar-refractivity contribution is 0.474. The summed E-state index contributed by atoms with van der Waals surface area (Å²) in [4.78, 5) is 0.